The third-order valence-electron chi connectivity index (χ3n) is 4.17. The summed E-state index contributed by atoms with van der Waals surface area (Å²) in [5.41, 5.74) is 0.385. The Balaban J connectivity index is 1.42. The molecule has 3 aromatic rings. The van der Waals surface area contributed by atoms with E-state index in [0.717, 1.165) is 0 Å². The summed E-state index contributed by atoms with van der Waals surface area (Å²) in [7, 11) is 1.48. The summed E-state index contributed by atoms with van der Waals surface area (Å²) in [6.07, 6.45) is 0. The number of nitrogens with zero attached hydrogens (tertiary/aromatic N) is 3. The van der Waals surface area contributed by atoms with E-state index in [4.69, 9.17) is 25.6 Å². The van der Waals surface area contributed by atoms with Gasteiger partial charge in [0.15, 0.2) is 6.61 Å². The first kappa shape index (κ1) is 23.5. The molecule has 0 aliphatic rings. The van der Waals surface area contributed by atoms with Crippen molar-refractivity contribution in [1.29, 1.82) is 0 Å². The number of amides is 2. The molecule has 0 saturated heterocycles. The highest BCUT2D eigenvalue weighted by atomic mass is 35.5. The van der Waals surface area contributed by atoms with Gasteiger partial charge in [0.2, 0.25) is 5.82 Å². The molecule has 0 radical (unpaired) electrons. The van der Waals surface area contributed by atoms with Crippen LogP contribution in [0, 0.1) is 10.1 Å². The number of non-ortho nitro benzene ring substituents is 1. The fourth-order valence-electron chi connectivity index (χ4n) is 2.60. The second-order valence-electron chi connectivity index (χ2n) is 6.41. The van der Waals surface area contributed by atoms with Crippen LogP contribution in [-0.2, 0) is 4.79 Å². The Morgan fingerprint density at radius 1 is 1.15 bits per heavy atom. The van der Waals surface area contributed by atoms with Crippen LogP contribution in [0.25, 0.3) is 11.4 Å². The largest absolute Gasteiger partial charge is 0.496 e. The average molecular weight is 476 g/mol. The van der Waals surface area contributed by atoms with E-state index >= 15 is 0 Å². The number of nitrogens with one attached hydrogen (secondary N) is 2. The van der Waals surface area contributed by atoms with Gasteiger partial charge in [0, 0.05) is 30.2 Å². The van der Waals surface area contributed by atoms with E-state index < -0.39 is 16.7 Å². The molecule has 0 aliphatic carbocycles. The Hall–Kier alpha value is -4.19. The van der Waals surface area contributed by atoms with E-state index in [1.807, 2.05) is 0 Å². The number of methoxy groups -OCH3 is 1. The first-order valence-corrected chi connectivity index (χ1v) is 9.85. The molecule has 0 bridgehead atoms. The molecule has 0 fully saturated rings. The van der Waals surface area contributed by atoms with Crippen molar-refractivity contribution in [3.05, 3.63) is 63.5 Å². The van der Waals surface area contributed by atoms with Crippen LogP contribution in [0.1, 0.15) is 10.7 Å². The van der Waals surface area contributed by atoms with Crippen molar-refractivity contribution in [3.63, 3.8) is 0 Å². The standard InChI is InChI=1S/C20H18ClN5O7/c1-31-16-7-2-12(21)10-15(16)18-24-20(33-25-18)19(28)23-9-8-22-17(27)11-32-14-5-3-13(4-6-14)26(29)30/h2-7,10H,8-9,11H2,1H3,(H,22,27)(H,23,28). The predicted octanol–water partition coefficient (Wildman–Crippen LogP) is 2.23. The van der Waals surface area contributed by atoms with E-state index in [0.29, 0.717) is 22.1 Å². The monoisotopic (exact) mass is 475 g/mol. The van der Waals surface area contributed by atoms with Crippen LogP contribution in [0.2, 0.25) is 5.02 Å². The van der Waals surface area contributed by atoms with Crippen molar-refractivity contribution in [2.75, 3.05) is 26.8 Å². The molecule has 0 saturated carbocycles. The van der Waals surface area contributed by atoms with E-state index in [2.05, 4.69) is 20.8 Å². The lowest BCUT2D eigenvalue weighted by Crippen LogP contribution is -2.36. The number of nitro benzene ring substituents is 1. The molecule has 0 unspecified atom stereocenters. The van der Waals surface area contributed by atoms with Gasteiger partial charge in [-0.3, -0.25) is 19.7 Å². The predicted molar refractivity (Wildman–Crippen MR) is 115 cm³/mol. The van der Waals surface area contributed by atoms with Crippen LogP contribution in [0.3, 0.4) is 0 Å². The molecule has 2 amide bonds. The molecule has 0 atom stereocenters. The average Bonchev–Trinajstić information content (AvgIpc) is 3.31. The smallest absolute Gasteiger partial charge is 0.316 e. The van der Waals surface area contributed by atoms with Crippen LogP contribution in [0.5, 0.6) is 11.5 Å². The third kappa shape index (κ3) is 6.40. The van der Waals surface area contributed by atoms with Crippen molar-refractivity contribution >= 4 is 29.1 Å². The molecule has 2 N–H and O–H groups in total. The van der Waals surface area contributed by atoms with Crippen molar-refractivity contribution in [2.45, 2.75) is 0 Å². The van der Waals surface area contributed by atoms with Gasteiger partial charge in [-0.05, 0) is 30.3 Å². The van der Waals surface area contributed by atoms with Crippen LogP contribution < -0.4 is 20.1 Å². The number of nitro groups is 1. The van der Waals surface area contributed by atoms with Crippen LogP contribution in [-0.4, -0.2) is 53.7 Å². The highest BCUT2D eigenvalue weighted by molar-refractivity contribution is 6.30. The number of carbonyl (C=O) groups is 2. The van der Waals surface area contributed by atoms with Gasteiger partial charge >= 0.3 is 11.8 Å². The molecule has 12 nitrogen and oxygen atoms in total. The van der Waals surface area contributed by atoms with Crippen molar-refractivity contribution in [3.8, 4) is 22.9 Å². The summed E-state index contributed by atoms with van der Waals surface area (Å²) in [5, 5.41) is 19.9. The Morgan fingerprint density at radius 3 is 2.58 bits per heavy atom. The van der Waals surface area contributed by atoms with Gasteiger partial charge in [-0.25, -0.2) is 0 Å². The molecule has 172 valence electrons. The van der Waals surface area contributed by atoms with Gasteiger partial charge in [0.05, 0.1) is 17.6 Å². The molecule has 1 aromatic heterocycles. The zero-order valence-corrected chi connectivity index (χ0v) is 18.0. The fourth-order valence-corrected chi connectivity index (χ4v) is 2.77. The summed E-state index contributed by atoms with van der Waals surface area (Å²) >= 11 is 5.99. The summed E-state index contributed by atoms with van der Waals surface area (Å²) in [6, 6.07) is 10.2. The highest BCUT2D eigenvalue weighted by Crippen LogP contribution is 2.30. The van der Waals surface area contributed by atoms with E-state index in [1.54, 1.807) is 18.2 Å². The van der Waals surface area contributed by atoms with E-state index in [1.165, 1.54) is 31.4 Å². The maximum atomic E-state index is 12.2. The molecule has 1 heterocycles. The second kappa shape index (κ2) is 10.9. The zero-order valence-electron chi connectivity index (χ0n) is 17.2. The van der Waals surface area contributed by atoms with Crippen molar-refractivity contribution in [1.82, 2.24) is 20.8 Å². The van der Waals surface area contributed by atoms with Crippen molar-refractivity contribution in [2.24, 2.45) is 0 Å². The molecule has 3 rings (SSSR count). The van der Waals surface area contributed by atoms with E-state index in [9.17, 15) is 19.7 Å². The second-order valence-corrected chi connectivity index (χ2v) is 6.85. The normalized spacial score (nSPS) is 10.4. The van der Waals surface area contributed by atoms with Gasteiger partial charge in [-0.1, -0.05) is 16.8 Å². The third-order valence-corrected chi connectivity index (χ3v) is 4.41. The molecule has 0 spiro atoms. The van der Waals surface area contributed by atoms with E-state index in [-0.39, 0.29) is 37.1 Å². The molecule has 13 heteroatoms. The minimum atomic E-state index is -0.619. The zero-order chi connectivity index (χ0) is 23.8. The number of halogens is 1. The lowest BCUT2D eigenvalue weighted by molar-refractivity contribution is -0.384. The molecule has 33 heavy (non-hydrogen) atoms. The summed E-state index contributed by atoms with van der Waals surface area (Å²) in [5.74, 6) is -0.406. The Bertz CT molecular complexity index is 1150. The maximum absolute atomic E-state index is 12.2. The maximum Gasteiger partial charge on any atom is 0.316 e. The first-order chi connectivity index (χ1) is 15.9. The molecular weight excluding hydrogens is 458 g/mol. The first-order valence-electron chi connectivity index (χ1n) is 9.47. The topological polar surface area (TPSA) is 159 Å². The molecule has 2 aromatic carbocycles. The minimum Gasteiger partial charge on any atom is -0.496 e. The summed E-state index contributed by atoms with van der Waals surface area (Å²) in [6.45, 7) is -0.0716. The number of hydrogen-bond donors (Lipinski definition) is 2. The number of ether oxygens (including phenoxy) is 2. The van der Waals surface area contributed by atoms with Gasteiger partial charge in [-0.15, -0.1) is 0 Å². The fraction of sp³-hybridized carbons (Fsp3) is 0.200. The Morgan fingerprint density at radius 2 is 1.88 bits per heavy atom. The number of rotatable bonds is 10. The molecule has 0 aliphatic heterocycles. The summed E-state index contributed by atoms with van der Waals surface area (Å²) < 4.78 is 15.5. The lowest BCUT2D eigenvalue weighted by Gasteiger charge is -2.07. The lowest BCUT2D eigenvalue weighted by atomic mass is 10.2. The summed E-state index contributed by atoms with van der Waals surface area (Å²) in [4.78, 5) is 38.2. The minimum absolute atomic E-state index is 0.0809. The van der Waals surface area contributed by atoms with Crippen molar-refractivity contribution < 1.29 is 28.5 Å². The Kier molecular flexibility index (Phi) is 7.76. The van der Waals surface area contributed by atoms with Crippen LogP contribution >= 0.6 is 11.6 Å². The van der Waals surface area contributed by atoms with Gasteiger partial charge in [0.1, 0.15) is 11.5 Å². The SMILES string of the molecule is COc1ccc(Cl)cc1-c1noc(C(=O)NCCNC(=O)COc2ccc([N+](=O)[O-])cc2)n1. The Labute approximate surface area is 192 Å². The van der Waals surface area contributed by atoms with Gasteiger partial charge < -0.3 is 24.6 Å². The highest BCUT2D eigenvalue weighted by Gasteiger charge is 2.18. The number of benzene rings is 2. The number of hydrogen-bond acceptors (Lipinski definition) is 9. The van der Waals surface area contributed by atoms with Crippen LogP contribution in [0.15, 0.2) is 47.0 Å². The quantitative estimate of drug-likeness (QED) is 0.254. The van der Waals surface area contributed by atoms with Gasteiger partial charge in [0.25, 0.3) is 11.6 Å². The van der Waals surface area contributed by atoms with Crippen LogP contribution in [0.4, 0.5) is 5.69 Å². The molecular formula is C20H18ClN5O7. The number of aromatic nitrogens is 2. The van der Waals surface area contributed by atoms with Gasteiger partial charge in [-0.2, -0.15) is 4.98 Å². The number of carbonyl (C=O) groups excluding carboxylic acids is 2.